The van der Waals surface area contributed by atoms with E-state index in [0.29, 0.717) is 24.4 Å². The van der Waals surface area contributed by atoms with Gasteiger partial charge in [0.15, 0.2) is 0 Å². The third-order valence-corrected chi connectivity index (χ3v) is 4.62. The molecule has 2 fully saturated rings. The Morgan fingerprint density at radius 2 is 2.19 bits per heavy atom. The molecule has 0 amide bonds. The van der Waals surface area contributed by atoms with Crippen LogP contribution in [0.4, 0.5) is 5.69 Å². The number of fused-ring (bicyclic) bond motifs is 1. The fourth-order valence-electron chi connectivity index (χ4n) is 3.60. The Kier molecular flexibility index (Phi) is 4.12. The van der Waals surface area contributed by atoms with E-state index in [1.54, 1.807) is 6.07 Å². The number of morpholine rings is 1. The fraction of sp³-hybridized carbons (Fsp3) is 0.562. The molecule has 114 valence electrons. The highest BCUT2D eigenvalue weighted by Gasteiger charge is 2.34. The van der Waals surface area contributed by atoms with Gasteiger partial charge in [0.1, 0.15) is 0 Å². The predicted molar refractivity (Wildman–Crippen MR) is 80.2 cm³/mol. The largest absolute Gasteiger partial charge is 0.478 e. The lowest BCUT2D eigenvalue weighted by Crippen LogP contribution is -2.52. The SMILES string of the molecule is Nc1cccc(CN2CCOC3CCCCC32)c1C(=O)O. The van der Waals surface area contributed by atoms with Crippen LogP contribution in [0.1, 0.15) is 41.6 Å². The highest BCUT2D eigenvalue weighted by Crippen LogP contribution is 2.30. The van der Waals surface area contributed by atoms with Crippen LogP contribution >= 0.6 is 0 Å². The van der Waals surface area contributed by atoms with Gasteiger partial charge in [-0.1, -0.05) is 25.0 Å². The average Bonchev–Trinajstić information content (AvgIpc) is 2.47. The summed E-state index contributed by atoms with van der Waals surface area (Å²) in [6.07, 6.45) is 5.01. The molecule has 5 heteroatoms. The summed E-state index contributed by atoms with van der Waals surface area (Å²) in [5, 5.41) is 9.39. The number of nitrogens with two attached hydrogens (primary N) is 1. The minimum absolute atomic E-state index is 0.247. The monoisotopic (exact) mass is 290 g/mol. The van der Waals surface area contributed by atoms with Crippen molar-refractivity contribution in [2.45, 2.75) is 44.4 Å². The highest BCUT2D eigenvalue weighted by atomic mass is 16.5. The lowest BCUT2D eigenvalue weighted by molar-refractivity contribution is -0.0911. The van der Waals surface area contributed by atoms with Gasteiger partial charge in [0.25, 0.3) is 0 Å². The number of hydrogen-bond acceptors (Lipinski definition) is 4. The number of hydrogen-bond donors (Lipinski definition) is 2. The van der Waals surface area contributed by atoms with Gasteiger partial charge in [0.05, 0.1) is 18.3 Å². The second-order valence-corrected chi connectivity index (χ2v) is 5.92. The van der Waals surface area contributed by atoms with Crippen LogP contribution in [-0.4, -0.2) is 41.3 Å². The second kappa shape index (κ2) is 6.03. The van der Waals surface area contributed by atoms with Crippen LogP contribution < -0.4 is 5.73 Å². The quantitative estimate of drug-likeness (QED) is 0.834. The molecule has 3 N–H and O–H groups in total. The van der Waals surface area contributed by atoms with Gasteiger partial charge in [-0.3, -0.25) is 4.90 Å². The molecule has 0 radical (unpaired) electrons. The summed E-state index contributed by atoms with van der Waals surface area (Å²) in [5.41, 5.74) is 7.22. The smallest absolute Gasteiger partial charge is 0.338 e. The number of aromatic carboxylic acids is 1. The summed E-state index contributed by atoms with van der Waals surface area (Å²) in [7, 11) is 0. The molecule has 1 aromatic carbocycles. The van der Waals surface area contributed by atoms with Crippen molar-refractivity contribution in [2.24, 2.45) is 0 Å². The Hall–Kier alpha value is -1.59. The van der Waals surface area contributed by atoms with Gasteiger partial charge in [-0.05, 0) is 24.5 Å². The summed E-state index contributed by atoms with van der Waals surface area (Å²) in [6.45, 7) is 2.22. The summed E-state index contributed by atoms with van der Waals surface area (Å²) >= 11 is 0. The van der Waals surface area contributed by atoms with Crippen molar-refractivity contribution in [2.75, 3.05) is 18.9 Å². The summed E-state index contributed by atoms with van der Waals surface area (Å²) in [6, 6.07) is 5.76. The molecule has 1 aliphatic carbocycles. The molecular weight excluding hydrogens is 268 g/mol. The third kappa shape index (κ3) is 2.89. The van der Waals surface area contributed by atoms with E-state index in [-0.39, 0.29) is 5.56 Å². The van der Waals surface area contributed by atoms with Crippen molar-refractivity contribution in [3.05, 3.63) is 29.3 Å². The predicted octanol–water partition coefficient (Wildman–Crippen LogP) is 2.11. The molecule has 1 aliphatic heterocycles. The molecule has 0 spiro atoms. The van der Waals surface area contributed by atoms with Crippen LogP contribution in [0.25, 0.3) is 0 Å². The van der Waals surface area contributed by atoms with Gasteiger partial charge in [0.2, 0.25) is 0 Å². The molecule has 5 nitrogen and oxygen atoms in total. The van der Waals surface area contributed by atoms with Gasteiger partial charge in [-0.25, -0.2) is 4.79 Å². The van der Waals surface area contributed by atoms with Crippen LogP contribution in [0.15, 0.2) is 18.2 Å². The number of ether oxygens (including phenoxy) is 1. The van der Waals surface area contributed by atoms with E-state index in [1.807, 2.05) is 12.1 Å². The van der Waals surface area contributed by atoms with Crippen molar-refractivity contribution in [1.82, 2.24) is 4.90 Å². The van der Waals surface area contributed by atoms with Gasteiger partial charge < -0.3 is 15.6 Å². The van der Waals surface area contributed by atoms with Crippen LogP contribution in [0.3, 0.4) is 0 Å². The van der Waals surface area contributed by atoms with E-state index < -0.39 is 5.97 Å². The van der Waals surface area contributed by atoms with Crippen molar-refractivity contribution in [3.63, 3.8) is 0 Å². The van der Waals surface area contributed by atoms with Crippen molar-refractivity contribution in [1.29, 1.82) is 0 Å². The minimum atomic E-state index is -0.948. The number of carboxylic acids is 1. The zero-order valence-corrected chi connectivity index (χ0v) is 12.1. The molecule has 0 bridgehead atoms. The Morgan fingerprint density at radius 3 is 3.00 bits per heavy atom. The van der Waals surface area contributed by atoms with Gasteiger partial charge in [-0.2, -0.15) is 0 Å². The molecule has 3 rings (SSSR count). The fourth-order valence-corrected chi connectivity index (χ4v) is 3.60. The van der Waals surface area contributed by atoms with E-state index in [4.69, 9.17) is 10.5 Å². The Labute approximate surface area is 124 Å². The summed E-state index contributed by atoms with van der Waals surface area (Å²) < 4.78 is 5.87. The Balaban J connectivity index is 1.82. The van der Waals surface area contributed by atoms with Gasteiger partial charge in [-0.15, -0.1) is 0 Å². The van der Waals surface area contributed by atoms with E-state index in [2.05, 4.69) is 4.90 Å². The number of carboxylic acid groups (broad SMARTS) is 1. The lowest BCUT2D eigenvalue weighted by Gasteiger charge is -2.44. The molecule has 1 saturated heterocycles. The number of benzene rings is 1. The maximum atomic E-state index is 11.4. The first-order valence-corrected chi connectivity index (χ1v) is 7.63. The van der Waals surface area contributed by atoms with E-state index in [1.165, 1.54) is 12.8 Å². The van der Waals surface area contributed by atoms with Crippen LogP contribution in [0.5, 0.6) is 0 Å². The summed E-state index contributed by atoms with van der Waals surface area (Å²) in [4.78, 5) is 13.8. The molecule has 1 aromatic rings. The topological polar surface area (TPSA) is 75.8 Å². The van der Waals surface area contributed by atoms with Crippen LogP contribution in [0, 0.1) is 0 Å². The Bertz CT molecular complexity index is 530. The standard InChI is InChI=1S/C16H22N2O3/c17-12-5-3-4-11(15(12)16(19)20)10-18-8-9-21-14-7-2-1-6-13(14)18/h3-5,13-14H,1-2,6-10,17H2,(H,19,20). The molecular formula is C16H22N2O3. The number of nitrogen functional groups attached to an aromatic ring is 1. The molecule has 2 atom stereocenters. The molecule has 21 heavy (non-hydrogen) atoms. The maximum Gasteiger partial charge on any atom is 0.338 e. The van der Waals surface area contributed by atoms with Gasteiger partial charge >= 0.3 is 5.97 Å². The second-order valence-electron chi connectivity index (χ2n) is 5.92. The number of anilines is 1. The van der Waals surface area contributed by atoms with Gasteiger partial charge in [0, 0.05) is 24.8 Å². The van der Waals surface area contributed by atoms with E-state index in [0.717, 1.165) is 31.6 Å². The lowest BCUT2D eigenvalue weighted by atomic mass is 9.89. The first-order valence-electron chi connectivity index (χ1n) is 7.63. The minimum Gasteiger partial charge on any atom is -0.478 e. The molecule has 2 aliphatic rings. The first kappa shape index (κ1) is 14.4. The number of nitrogens with zero attached hydrogens (tertiary/aromatic N) is 1. The third-order valence-electron chi connectivity index (χ3n) is 4.62. The van der Waals surface area contributed by atoms with Crippen molar-refractivity contribution < 1.29 is 14.6 Å². The molecule has 0 aromatic heterocycles. The summed E-state index contributed by atoms with van der Waals surface area (Å²) in [5.74, 6) is -0.948. The number of rotatable bonds is 3. The molecule has 2 unspecified atom stereocenters. The maximum absolute atomic E-state index is 11.4. The van der Waals surface area contributed by atoms with E-state index >= 15 is 0 Å². The molecule has 1 heterocycles. The molecule has 1 saturated carbocycles. The normalized spacial score (nSPS) is 26.3. The van der Waals surface area contributed by atoms with Crippen molar-refractivity contribution >= 4 is 11.7 Å². The number of carbonyl (C=O) groups is 1. The first-order chi connectivity index (χ1) is 10.2. The zero-order chi connectivity index (χ0) is 14.8. The zero-order valence-electron chi connectivity index (χ0n) is 12.1. The highest BCUT2D eigenvalue weighted by molar-refractivity contribution is 5.95. The van der Waals surface area contributed by atoms with Crippen LogP contribution in [-0.2, 0) is 11.3 Å². The van der Waals surface area contributed by atoms with E-state index in [9.17, 15) is 9.90 Å². The Morgan fingerprint density at radius 1 is 1.38 bits per heavy atom. The van der Waals surface area contributed by atoms with Crippen molar-refractivity contribution in [3.8, 4) is 0 Å². The average molecular weight is 290 g/mol. The van der Waals surface area contributed by atoms with Crippen LogP contribution in [0.2, 0.25) is 0 Å².